The molecule has 0 bridgehead atoms. The zero-order valence-electron chi connectivity index (χ0n) is 14.4. The van der Waals surface area contributed by atoms with Crippen molar-refractivity contribution in [3.8, 4) is 0 Å². The van der Waals surface area contributed by atoms with Gasteiger partial charge in [-0.15, -0.1) is 11.3 Å². The number of carbonyl (C=O) groups excluding carboxylic acids is 2. The van der Waals surface area contributed by atoms with Crippen molar-refractivity contribution >= 4 is 23.0 Å². The average Bonchev–Trinajstić information content (AvgIpc) is 3.08. The lowest BCUT2D eigenvalue weighted by molar-refractivity contribution is -0.122. The van der Waals surface area contributed by atoms with Crippen LogP contribution in [0.3, 0.4) is 0 Å². The largest absolute Gasteiger partial charge is 0.466 e. The van der Waals surface area contributed by atoms with Gasteiger partial charge in [0, 0.05) is 23.3 Å². The summed E-state index contributed by atoms with van der Waals surface area (Å²) in [5.41, 5.74) is -0.558. The van der Waals surface area contributed by atoms with Crippen LogP contribution in [0.5, 0.6) is 0 Å². The fraction of sp³-hybridized carbons (Fsp3) is 0.444. The van der Waals surface area contributed by atoms with Gasteiger partial charge in [-0.2, -0.15) is 0 Å². The number of rotatable bonds is 7. The second kappa shape index (κ2) is 7.32. The molecule has 24 heavy (non-hydrogen) atoms. The fourth-order valence-corrected chi connectivity index (χ4v) is 3.39. The Morgan fingerprint density at radius 2 is 1.96 bits per heavy atom. The minimum atomic E-state index is -1.22. The second-order valence-corrected chi connectivity index (χ2v) is 7.50. The maximum atomic E-state index is 12.0. The van der Waals surface area contributed by atoms with Crippen molar-refractivity contribution in [3.63, 3.8) is 0 Å². The summed E-state index contributed by atoms with van der Waals surface area (Å²) in [6.45, 7) is 7.22. The number of thiophene rings is 1. The molecule has 2 N–H and O–H groups in total. The molecule has 0 aromatic carbocycles. The first kappa shape index (κ1) is 18.4. The first-order valence-electron chi connectivity index (χ1n) is 7.85. The highest BCUT2D eigenvalue weighted by Crippen LogP contribution is 2.26. The maximum absolute atomic E-state index is 12.0. The summed E-state index contributed by atoms with van der Waals surface area (Å²) in [5.74, 6) is 1.06. The highest BCUT2D eigenvalue weighted by molar-refractivity contribution is 7.14. The number of furan rings is 1. The van der Waals surface area contributed by atoms with E-state index in [1.54, 1.807) is 26.0 Å². The van der Waals surface area contributed by atoms with E-state index < -0.39 is 5.60 Å². The van der Waals surface area contributed by atoms with Crippen LogP contribution < -0.4 is 5.32 Å². The van der Waals surface area contributed by atoms with Crippen molar-refractivity contribution < 1.29 is 19.1 Å². The number of aliphatic hydroxyl groups is 1. The Bertz CT molecular complexity index is 742. The summed E-state index contributed by atoms with van der Waals surface area (Å²) in [6, 6.07) is 5.45. The Morgan fingerprint density at radius 3 is 2.50 bits per heavy atom. The van der Waals surface area contributed by atoms with Crippen LogP contribution in [-0.2, 0) is 10.4 Å². The Morgan fingerprint density at radius 1 is 1.25 bits per heavy atom. The van der Waals surface area contributed by atoms with Crippen LogP contribution in [-0.4, -0.2) is 23.3 Å². The number of nitrogens with one attached hydrogen (secondary N) is 1. The van der Waals surface area contributed by atoms with E-state index in [2.05, 4.69) is 5.32 Å². The quantitative estimate of drug-likeness (QED) is 0.752. The number of carbonyl (C=O) groups is 2. The Hall–Kier alpha value is -1.92. The number of hydrogen-bond donors (Lipinski definition) is 2. The molecule has 0 saturated heterocycles. The molecule has 1 unspecified atom stereocenters. The summed E-state index contributed by atoms with van der Waals surface area (Å²) < 4.78 is 5.42. The van der Waals surface area contributed by atoms with Crippen molar-refractivity contribution in [2.75, 3.05) is 6.54 Å². The van der Waals surface area contributed by atoms with E-state index in [1.807, 2.05) is 19.9 Å². The average molecular weight is 349 g/mol. The van der Waals surface area contributed by atoms with Crippen LogP contribution in [0.25, 0.3) is 0 Å². The van der Waals surface area contributed by atoms with Gasteiger partial charge in [-0.05, 0) is 45.9 Å². The SMILES string of the molecule is Cc1cc(C(C)(O)CNC(=O)CCC(=O)c2ccc(C)s2)c(C)o1. The first-order chi connectivity index (χ1) is 11.2. The standard InChI is InChI=1S/C18H23NO4S/c1-11-9-14(13(3)23-11)18(4,22)10-19-17(21)8-6-15(20)16-7-5-12(2)24-16/h5,7,9,22H,6,8,10H2,1-4H3,(H,19,21). The number of amides is 1. The monoisotopic (exact) mass is 349 g/mol. The zero-order chi connectivity index (χ0) is 17.9. The molecule has 6 heteroatoms. The van der Waals surface area contributed by atoms with Crippen molar-refractivity contribution in [3.05, 3.63) is 45.0 Å². The highest BCUT2D eigenvalue weighted by Gasteiger charge is 2.28. The van der Waals surface area contributed by atoms with E-state index >= 15 is 0 Å². The number of Topliss-reactive ketones (excluding diaryl/α,β-unsaturated/α-hetero) is 1. The predicted octanol–water partition coefficient (Wildman–Crippen LogP) is 3.25. The van der Waals surface area contributed by atoms with Gasteiger partial charge in [0.25, 0.3) is 0 Å². The lowest BCUT2D eigenvalue weighted by Gasteiger charge is -2.23. The number of aryl methyl sites for hydroxylation is 3. The summed E-state index contributed by atoms with van der Waals surface area (Å²) in [7, 11) is 0. The smallest absolute Gasteiger partial charge is 0.220 e. The van der Waals surface area contributed by atoms with E-state index in [0.29, 0.717) is 22.0 Å². The third kappa shape index (κ3) is 4.55. The number of hydrogen-bond acceptors (Lipinski definition) is 5. The molecule has 0 aliphatic heterocycles. The van der Waals surface area contributed by atoms with E-state index in [-0.39, 0.29) is 31.1 Å². The Labute approximate surface area is 145 Å². The topological polar surface area (TPSA) is 79.5 Å². The molecule has 0 aliphatic carbocycles. The van der Waals surface area contributed by atoms with E-state index in [9.17, 15) is 14.7 Å². The molecule has 5 nitrogen and oxygen atoms in total. The van der Waals surface area contributed by atoms with Crippen LogP contribution in [0.15, 0.2) is 22.6 Å². The molecule has 0 aliphatic rings. The van der Waals surface area contributed by atoms with Crippen molar-refractivity contribution in [2.45, 2.75) is 46.1 Å². The van der Waals surface area contributed by atoms with Crippen molar-refractivity contribution in [1.82, 2.24) is 5.32 Å². The predicted molar refractivity (Wildman–Crippen MR) is 93.4 cm³/mol. The van der Waals surface area contributed by atoms with Gasteiger partial charge in [-0.3, -0.25) is 9.59 Å². The maximum Gasteiger partial charge on any atom is 0.220 e. The molecule has 2 rings (SSSR count). The lowest BCUT2D eigenvalue weighted by atomic mass is 9.96. The lowest BCUT2D eigenvalue weighted by Crippen LogP contribution is -2.38. The van der Waals surface area contributed by atoms with Gasteiger partial charge in [-0.1, -0.05) is 0 Å². The molecule has 1 amide bonds. The van der Waals surface area contributed by atoms with Gasteiger partial charge in [0.15, 0.2) is 5.78 Å². The minimum Gasteiger partial charge on any atom is -0.466 e. The normalized spacial score (nSPS) is 13.5. The van der Waals surface area contributed by atoms with Crippen LogP contribution >= 0.6 is 11.3 Å². The van der Waals surface area contributed by atoms with E-state index in [1.165, 1.54) is 11.3 Å². The van der Waals surface area contributed by atoms with E-state index in [0.717, 1.165) is 4.88 Å². The molecule has 0 saturated carbocycles. The third-order valence-electron chi connectivity index (χ3n) is 3.85. The van der Waals surface area contributed by atoms with Crippen LogP contribution in [0, 0.1) is 20.8 Å². The molecule has 2 aromatic heterocycles. The summed E-state index contributed by atoms with van der Waals surface area (Å²) >= 11 is 1.43. The third-order valence-corrected chi connectivity index (χ3v) is 4.89. The molecule has 0 radical (unpaired) electrons. The summed E-state index contributed by atoms with van der Waals surface area (Å²) in [5, 5.41) is 13.2. The molecule has 130 valence electrons. The minimum absolute atomic E-state index is 0.0312. The van der Waals surface area contributed by atoms with Crippen molar-refractivity contribution in [1.29, 1.82) is 0 Å². The molecular weight excluding hydrogens is 326 g/mol. The van der Waals surface area contributed by atoms with E-state index in [4.69, 9.17) is 4.42 Å². The van der Waals surface area contributed by atoms with Gasteiger partial charge in [0.2, 0.25) is 5.91 Å². The Kier molecular flexibility index (Phi) is 5.62. The zero-order valence-corrected chi connectivity index (χ0v) is 15.3. The van der Waals surface area contributed by atoms with Gasteiger partial charge >= 0.3 is 0 Å². The summed E-state index contributed by atoms with van der Waals surface area (Å²) in [4.78, 5) is 25.7. The summed E-state index contributed by atoms with van der Waals surface area (Å²) in [6.07, 6.45) is 0.271. The molecule has 0 spiro atoms. The molecule has 0 fully saturated rings. The molecule has 2 heterocycles. The fourth-order valence-electron chi connectivity index (χ4n) is 2.55. The van der Waals surface area contributed by atoms with Crippen LogP contribution in [0.1, 0.15) is 51.4 Å². The molecule has 1 atom stereocenters. The first-order valence-corrected chi connectivity index (χ1v) is 8.67. The highest BCUT2D eigenvalue weighted by atomic mass is 32.1. The molecule has 2 aromatic rings. The van der Waals surface area contributed by atoms with Gasteiger partial charge < -0.3 is 14.8 Å². The van der Waals surface area contributed by atoms with Gasteiger partial charge in [0.1, 0.15) is 17.1 Å². The van der Waals surface area contributed by atoms with Gasteiger partial charge in [0.05, 0.1) is 11.4 Å². The number of ketones is 1. The molecular formula is C18H23NO4S. The van der Waals surface area contributed by atoms with Crippen LogP contribution in [0.2, 0.25) is 0 Å². The van der Waals surface area contributed by atoms with Gasteiger partial charge in [-0.25, -0.2) is 0 Å². The van der Waals surface area contributed by atoms with Crippen LogP contribution in [0.4, 0.5) is 0 Å². The Balaban J connectivity index is 1.84. The van der Waals surface area contributed by atoms with Crippen molar-refractivity contribution in [2.24, 2.45) is 0 Å². The second-order valence-electron chi connectivity index (χ2n) is 6.21.